The van der Waals surface area contributed by atoms with Crippen LogP contribution in [0.15, 0.2) is 72.8 Å². The van der Waals surface area contributed by atoms with Crippen molar-refractivity contribution in [2.75, 3.05) is 50.7 Å². The predicted octanol–water partition coefficient (Wildman–Crippen LogP) is 5.71. The van der Waals surface area contributed by atoms with E-state index in [1.165, 1.54) is 36.4 Å². The highest BCUT2D eigenvalue weighted by Gasteiger charge is 2.46. The van der Waals surface area contributed by atoms with Crippen LogP contribution in [0.1, 0.15) is 29.5 Å². The van der Waals surface area contributed by atoms with Gasteiger partial charge in [0, 0.05) is 51.5 Å². The zero-order valence-corrected chi connectivity index (χ0v) is 21.4. The number of carbonyl (C=O) groups excluding carboxylic acids is 1. The molecule has 2 fully saturated rings. The fourth-order valence-corrected chi connectivity index (χ4v) is 5.77. The Balaban J connectivity index is 1.27. The average Bonchev–Trinajstić information content (AvgIpc) is 2.93. The lowest BCUT2D eigenvalue weighted by atomic mass is 9.68. The fourth-order valence-electron chi connectivity index (χ4n) is 5.77. The molecular formula is C30H30F5N3O. The number of carbonyl (C=O) groups is 1. The Morgan fingerprint density at radius 2 is 1.33 bits per heavy atom. The van der Waals surface area contributed by atoms with E-state index in [-0.39, 0.29) is 5.91 Å². The van der Waals surface area contributed by atoms with E-state index < -0.39 is 28.8 Å². The van der Waals surface area contributed by atoms with Gasteiger partial charge in [-0.15, -0.1) is 0 Å². The van der Waals surface area contributed by atoms with Crippen LogP contribution in [-0.2, 0) is 16.4 Å². The molecule has 0 saturated carbocycles. The minimum Gasteiger partial charge on any atom is -0.369 e. The van der Waals surface area contributed by atoms with Crippen molar-refractivity contribution in [2.45, 2.75) is 24.4 Å². The van der Waals surface area contributed by atoms with Crippen LogP contribution in [0.4, 0.5) is 27.6 Å². The molecule has 3 aromatic rings. The Kier molecular flexibility index (Phi) is 7.62. The molecule has 0 aromatic heterocycles. The summed E-state index contributed by atoms with van der Waals surface area (Å²) in [5, 5.41) is 0. The van der Waals surface area contributed by atoms with Gasteiger partial charge in [0.05, 0.1) is 11.0 Å². The van der Waals surface area contributed by atoms with Gasteiger partial charge in [0.2, 0.25) is 5.91 Å². The Bertz CT molecular complexity index is 1240. The highest BCUT2D eigenvalue weighted by molar-refractivity contribution is 5.93. The van der Waals surface area contributed by atoms with Gasteiger partial charge in [0.1, 0.15) is 11.6 Å². The summed E-state index contributed by atoms with van der Waals surface area (Å²) in [6.45, 7) is 4.22. The molecule has 4 nitrogen and oxygen atoms in total. The van der Waals surface area contributed by atoms with Crippen molar-refractivity contribution in [1.29, 1.82) is 0 Å². The summed E-state index contributed by atoms with van der Waals surface area (Å²) in [4.78, 5) is 20.1. The monoisotopic (exact) mass is 543 g/mol. The topological polar surface area (TPSA) is 26.8 Å². The van der Waals surface area contributed by atoms with Crippen LogP contribution < -0.4 is 4.90 Å². The summed E-state index contributed by atoms with van der Waals surface area (Å²) < 4.78 is 66.8. The molecule has 0 radical (unpaired) electrons. The highest BCUT2D eigenvalue weighted by Crippen LogP contribution is 2.41. The van der Waals surface area contributed by atoms with Crippen molar-refractivity contribution in [3.05, 3.63) is 101 Å². The van der Waals surface area contributed by atoms with Gasteiger partial charge in [-0.1, -0.05) is 30.3 Å². The second-order valence-electron chi connectivity index (χ2n) is 10.2. The lowest BCUT2D eigenvalue weighted by Gasteiger charge is -2.43. The summed E-state index contributed by atoms with van der Waals surface area (Å²) >= 11 is 0. The zero-order chi connectivity index (χ0) is 27.6. The van der Waals surface area contributed by atoms with E-state index in [9.17, 15) is 26.7 Å². The summed E-state index contributed by atoms with van der Waals surface area (Å²) in [6, 6.07) is 17.3. The number of hydrogen-bond acceptors (Lipinski definition) is 3. The maximum atomic E-state index is 14.1. The van der Waals surface area contributed by atoms with E-state index in [0.717, 1.165) is 12.5 Å². The van der Waals surface area contributed by atoms with E-state index in [1.54, 1.807) is 30.3 Å². The summed E-state index contributed by atoms with van der Waals surface area (Å²) in [5.41, 5.74) is 0.234. The fraction of sp³-hybridized carbons (Fsp3) is 0.367. The Labute approximate surface area is 224 Å². The van der Waals surface area contributed by atoms with Crippen molar-refractivity contribution < 1.29 is 26.7 Å². The number of anilines is 1. The lowest BCUT2D eigenvalue weighted by molar-refractivity contribution is -0.139. The lowest BCUT2D eigenvalue weighted by Crippen LogP contribution is -2.55. The van der Waals surface area contributed by atoms with Crippen molar-refractivity contribution in [2.24, 2.45) is 0 Å². The van der Waals surface area contributed by atoms with Crippen LogP contribution in [0.3, 0.4) is 0 Å². The summed E-state index contributed by atoms with van der Waals surface area (Å²) in [5.74, 6) is -0.871. The first-order valence-electron chi connectivity index (χ1n) is 13.1. The maximum Gasteiger partial charge on any atom is 0.416 e. The molecule has 0 spiro atoms. The molecule has 0 atom stereocenters. The number of benzene rings is 3. The van der Waals surface area contributed by atoms with Crippen LogP contribution in [-0.4, -0.2) is 61.5 Å². The molecule has 206 valence electrons. The molecule has 2 aliphatic heterocycles. The van der Waals surface area contributed by atoms with Gasteiger partial charge in [-0.2, -0.15) is 13.2 Å². The third-order valence-corrected chi connectivity index (χ3v) is 7.90. The minimum absolute atomic E-state index is 0.0884. The van der Waals surface area contributed by atoms with Gasteiger partial charge in [0.15, 0.2) is 0 Å². The second kappa shape index (κ2) is 11.0. The van der Waals surface area contributed by atoms with E-state index >= 15 is 0 Å². The van der Waals surface area contributed by atoms with E-state index in [4.69, 9.17) is 0 Å². The average molecular weight is 544 g/mol. The quantitative estimate of drug-likeness (QED) is 0.373. The predicted molar refractivity (Wildman–Crippen MR) is 139 cm³/mol. The zero-order valence-electron chi connectivity index (χ0n) is 21.4. The molecule has 0 aliphatic carbocycles. The van der Waals surface area contributed by atoms with Crippen LogP contribution in [0, 0.1) is 11.6 Å². The smallest absolute Gasteiger partial charge is 0.369 e. The minimum atomic E-state index is -4.38. The molecule has 0 bridgehead atoms. The van der Waals surface area contributed by atoms with Gasteiger partial charge in [0.25, 0.3) is 0 Å². The number of piperidine rings is 1. The molecule has 2 heterocycles. The normalized spacial score (nSPS) is 18.4. The van der Waals surface area contributed by atoms with Crippen molar-refractivity contribution in [3.63, 3.8) is 0 Å². The molecule has 39 heavy (non-hydrogen) atoms. The highest BCUT2D eigenvalue weighted by atomic mass is 19.4. The van der Waals surface area contributed by atoms with Crippen LogP contribution in [0.2, 0.25) is 0 Å². The van der Waals surface area contributed by atoms with Crippen molar-refractivity contribution >= 4 is 11.6 Å². The van der Waals surface area contributed by atoms with Crippen LogP contribution in [0.5, 0.6) is 0 Å². The Morgan fingerprint density at radius 1 is 0.744 bits per heavy atom. The molecule has 3 aromatic carbocycles. The summed E-state index contributed by atoms with van der Waals surface area (Å²) in [7, 11) is 0. The van der Waals surface area contributed by atoms with Gasteiger partial charge >= 0.3 is 6.18 Å². The number of likely N-dealkylation sites (tertiary alicyclic amines) is 1. The number of rotatable bonds is 6. The van der Waals surface area contributed by atoms with Gasteiger partial charge < -0.3 is 9.80 Å². The van der Waals surface area contributed by atoms with Crippen LogP contribution >= 0.6 is 0 Å². The molecule has 2 saturated heterocycles. The first-order valence-corrected chi connectivity index (χ1v) is 13.1. The summed E-state index contributed by atoms with van der Waals surface area (Å²) in [6.07, 6.45) is -3.10. The number of nitrogens with zero attached hydrogens (tertiary/aromatic N) is 3. The van der Waals surface area contributed by atoms with Gasteiger partial charge in [-0.3, -0.25) is 9.69 Å². The number of alkyl halides is 3. The maximum absolute atomic E-state index is 14.1. The van der Waals surface area contributed by atoms with E-state index in [2.05, 4.69) is 4.90 Å². The number of amides is 1. The largest absolute Gasteiger partial charge is 0.416 e. The number of piperazine rings is 1. The Hall–Kier alpha value is -3.46. The molecular weight excluding hydrogens is 513 g/mol. The van der Waals surface area contributed by atoms with Gasteiger partial charge in [-0.05, 0) is 66.4 Å². The molecule has 2 aliphatic rings. The molecule has 9 heteroatoms. The molecule has 0 unspecified atom stereocenters. The molecule has 1 amide bonds. The number of halogens is 5. The molecule has 0 N–H and O–H groups in total. The van der Waals surface area contributed by atoms with Crippen LogP contribution in [0.25, 0.3) is 0 Å². The first kappa shape index (κ1) is 27.1. The Morgan fingerprint density at radius 3 is 1.90 bits per heavy atom. The number of hydrogen-bond donors (Lipinski definition) is 0. The third kappa shape index (κ3) is 5.64. The SMILES string of the molecule is O=C1N(CCN2CCN(c3cccc(C(F)(F)F)c3)CC2)CCCC1(c1ccc(F)cc1)c1ccc(F)cc1. The van der Waals surface area contributed by atoms with Crippen molar-refractivity contribution in [1.82, 2.24) is 9.80 Å². The third-order valence-electron chi connectivity index (χ3n) is 7.90. The molecule has 5 rings (SSSR count). The first-order chi connectivity index (χ1) is 18.7. The second-order valence-corrected chi connectivity index (χ2v) is 10.2. The van der Waals surface area contributed by atoms with Gasteiger partial charge in [-0.25, -0.2) is 8.78 Å². The standard InChI is InChI=1S/C30H30F5N3O/c31-25-9-5-22(6-10-25)29(23-7-11-26(32)12-8-23)13-2-14-38(28(29)39)20-17-36-15-18-37(19-16-36)27-4-1-3-24(21-27)30(33,34)35/h1,3-12,21H,2,13-20H2. The van der Waals surface area contributed by atoms with E-state index in [0.29, 0.717) is 69.0 Å². The van der Waals surface area contributed by atoms with Crippen molar-refractivity contribution in [3.8, 4) is 0 Å². The van der Waals surface area contributed by atoms with E-state index in [1.807, 2.05) is 9.80 Å².